The highest BCUT2D eigenvalue weighted by molar-refractivity contribution is 5.91. The molecule has 4 aromatic rings. The molecule has 1 aromatic carbocycles. The number of rotatable bonds is 11. The predicted octanol–water partition coefficient (Wildman–Crippen LogP) is 6.90. The molecule has 0 N–H and O–H groups in total. The third-order valence-electron chi connectivity index (χ3n) is 8.23. The van der Waals surface area contributed by atoms with Gasteiger partial charge in [-0.25, -0.2) is 27.9 Å². The van der Waals surface area contributed by atoms with Crippen molar-refractivity contribution in [2.24, 2.45) is 0 Å². The monoisotopic (exact) mass is 658 g/mol. The second kappa shape index (κ2) is 14.7. The van der Waals surface area contributed by atoms with Crippen LogP contribution < -0.4 is 15.3 Å². The molecule has 1 saturated heterocycles. The Labute approximate surface area is 278 Å². The summed E-state index contributed by atoms with van der Waals surface area (Å²) >= 11 is 0. The maximum absolute atomic E-state index is 16.3. The number of unbranched alkanes of at least 4 members (excludes halogenated alkanes) is 1. The second-order valence-electron chi connectivity index (χ2n) is 11.9. The molecule has 1 aliphatic heterocycles. The minimum absolute atomic E-state index is 0.0472. The molecule has 4 heterocycles. The third kappa shape index (κ3) is 6.65. The molecule has 1 unspecified atom stereocenters. The van der Waals surface area contributed by atoms with Crippen molar-refractivity contribution >= 4 is 29.0 Å². The maximum atomic E-state index is 16.3. The van der Waals surface area contributed by atoms with Crippen LogP contribution in [0.3, 0.4) is 0 Å². The van der Waals surface area contributed by atoms with Gasteiger partial charge in [-0.15, -0.1) is 0 Å². The van der Waals surface area contributed by atoms with Crippen molar-refractivity contribution in [2.75, 3.05) is 37.7 Å². The van der Waals surface area contributed by atoms with Crippen molar-refractivity contribution in [2.45, 2.75) is 52.5 Å². The van der Waals surface area contributed by atoms with Crippen molar-refractivity contribution in [3.63, 3.8) is 0 Å². The van der Waals surface area contributed by atoms with Gasteiger partial charge in [-0.3, -0.25) is 4.98 Å². The number of anilines is 1. The summed E-state index contributed by atoms with van der Waals surface area (Å²) < 4.78 is 44.2. The molecule has 1 fully saturated rings. The second-order valence-corrected chi connectivity index (χ2v) is 11.9. The molecule has 0 spiro atoms. The van der Waals surface area contributed by atoms with Crippen LogP contribution in [0.25, 0.3) is 34.1 Å². The molecule has 0 bridgehead atoms. The van der Waals surface area contributed by atoms with Gasteiger partial charge in [-0.05, 0) is 43.5 Å². The van der Waals surface area contributed by atoms with Crippen molar-refractivity contribution in [1.29, 1.82) is 0 Å². The minimum atomic E-state index is -0.839. The van der Waals surface area contributed by atoms with Gasteiger partial charge < -0.3 is 19.3 Å². The van der Waals surface area contributed by atoms with E-state index < -0.39 is 23.4 Å². The largest absolute Gasteiger partial charge is 0.489 e. The number of ether oxygens (including phenoxy) is 2. The Hall–Kier alpha value is -5.13. The van der Waals surface area contributed by atoms with Crippen LogP contribution >= 0.6 is 0 Å². The van der Waals surface area contributed by atoms with Gasteiger partial charge in [0.15, 0.2) is 11.5 Å². The number of benzene rings is 1. The summed E-state index contributed by atoms with van der Waals surface area (Å²) in [6.45, 7) is 16.6. The van der Waals surface area contributed by atoms with E-state index in [4.69, 9.17) is 9.47 Å². The zero-order valence-corrected chi connectivity index (χ0v) is 27.7. The van der Waals surface area contributed by atoms with Crippen molar-refractivity contribution < 1.29 is 23.0 Å². The number of piperazine rings is 1. The lowest BCUT2D eigenvalue weighted by molar-refractivity contribution is 0.0944. The smallest absolute Gasteiger partial charge is 0.409 e. The fourth-order valence-corrected chi connectivity index (χ4v) is 5.85. The normalized spacial score (nSPS) is 14.8. The topological polar surface area (TPSA) is 103 Å². The molecule has 12 heteroatoms. The van der Waals surface area contributed by atoms with Crippen molar-refractivity contribution in [3.8, 4) is 22.7 Å². The summed E-state index contributed by atoms with van der Waals surface area (Å²) in [5.41, 5.74) is 0.376. The predicted molar refractivity (Wildman–Crippen MR) is 183 cm³/mol. The average molecular weight is 659 g/mol. The first-order chi connectivity index (χ1) is 23.1. The van der Waals surface area contributed by atoms with Gasteiger partial charge in [0.05, 0.1) is 28.9 Å². The van der Waals surface area contributed by atoms with E-state index in [9.17, 15) is 9.59 Å². The lowest BCUT2D eigenvalue weighted by Gasteiger charge is -2.40. The number of fused-ring (bicyclic) bond motifs is 1. The highest BCUT2D eigenvalue weighted by Crippen LogP contribution is 2.37. The number of pyridine rings is 2. The summed E-state index contributed by atoms with van der Waals surface area (Å²) in [4.78, 5) is 44.1. The Kier molecular flexibility index (Phi) is 10.5. The zero-order chi connectivity index (χ0) is 34.5. The van der Waals surface area contributed by atoms with E-state index >= 15 is 8.78 Å². The number of amides is 1. The highest BCUT2D eigenvalue weighted by Gasteiger charge is 2.32. The van der Waals surface area contributed by atoms with E-state index in [2.05, 4.69) is 28.1 Å². The van der Waals surface area contributed by atoms with E-state index in [1.165, 1.54) is 34.9 Å². The number of hydrogen-bond acceptors (Lipinski definition) is 8. The van der Waals surface area contributed by atoms with Crippen LogP contribution in [-0.2, 0) is 4.74 Å². The number of aromatic nitrogens is 4. The summed E-state index contributed by atoms with van der Waals surface area (Å²) in [5.74, 6) is -1.46. The van der Waals surface area contributed by atoms with Crippen LogP contribution in [0.2, 0.25) is 0 Å². The number of halogens is 2. The molecule has 3 aromatic heterocycles. The van der Waals surface area contributed by atoms with Crippen molar-refractivity contribution in [1.82, 2.24) is 24.4 Å². The Morgan fingerprint density at radius 2 is 1.94 bits per heavy atom. The first-order valence-electron chi connectivity index (χ1n) is 16.1. The van der Waals surface area contributed by atoms with Crippen LogP contribution in [0.15, 0.2) is 60.6 Å². The first-order valence-corrected chi connectivity index (χ1v) is 16.1. The third-order valence-corrected chi connectivity index (χ3v) is 8.23. The Bertz CT molecular complexity index is 1910. The minimum Gasteiger partial charge on any atom is -0.489 e. The van der Waals surface area contributed by atoms with E-state index in [1.54, 1.807) is 23.2 Å². The number of carbonyl (C=O) groups is 1. The van der Waals surface area contributed by atoms with Crippen molar-refractivity contribution in [3.05, 3.63) is 89.1 Å². The van der Waals surface area contributed by atoms with Gasteiger partial charge in [-0.1, -0.05) is 58.6 Å². The van der Waals surface area contributed by atoms with Crippen LogP contribution in [0, 0.1) is 11.6 Å². The van der Waals surface area contributed by atoms with Gasteiger partial charge in [0.25, 0.3) is 0 Å². The standard InChI is InChI=1S/C36H40F2N6O4/c1-7-10-19-48-36(46)42-16-17-43(23(6)21-42)33-25-20-27(38)31(29-26(37)12-11-13-28(29)47-18-8-2)40-34(25)44(35(45)41-33)32-24(9-3)14-15-39-30(32)22(4)5/h8-9,11-15,20,22-23H,2-3,7,10,16-19,21H2,1,4-6H3. The van der Waals surface area contributed by atoms with Gasteiger partial charge in [0.1, 0.15) is 29.7 Å². The van der Waals surface area contributed by atoms with Gasteiger partial charge in [-0.2, -0.15) is 4.98 Å². The molecule has 252 valence electrons. The van der Waals surface area contributed by atoms with Gasteiger partial charge in [0, 0.05) is 37.4 Å². The molecule has 0 radical (unpaired) electrons. The van der Waals surface area contributed by atoms with Crippen LogP contribution in [-0.4, -0.2) is 69.4 Å². The first kappa shape index (κ1) is 34.2. The number of carbonyl (C=O) groups excluding carboxylic acids is 1. The summed E-state index contributed by atoms with van der Waals surface area (Å²) in [6.07, 6.45) is 5.98. The van der Waals surface area contributed by atoms with Gasteiger partial charge in [0.2, 0.25) is 0 Å². The molecule has 1 aliphatic rings. The van der Waals surface area contributed by atoms with E-state index in [0.29, 0.717) is 43.2 Å². The molecule has 1 amide bonds. The van der Waals surface area contributed by atoms with Crippen LogP contribution in [0.4, 0.5) is 19.4 Å². The van der Waals surface area contributed by atoms with Crippen LogP contribution in [0.5, 0.6) is 5.75 Å². The zero-order valence-electron chi connectivity index (χ0n) is 27.7. The Balaban J connectivity index is 1.75. The lowest BCUT2D eigenvalue weighted by atomic mass is 10.0. The summed E-state index contributed by atoms with van der Waals surface area (Å²) in [6, 6.07) is 6.77. The fraction of sp³-hybridized carbons (Fsp3) is 0.361. The fourth-order valence-electron chi connectivity index (χ4n) is 5.85. The number of hydrogen-bond donors (Lipinski definition) is 0. The quantitative estimate of drug-likeness (QED) is 0.127. The number of nitrogens with zero attached hydrogens (tertiary/aromatic N) is 6. The van der Waals surface area contributed by atoms with Gasteiger partial charge >= 0.3 is 11.8 Å². The molecule has 0 saturated carbocycles. The Morgan fingerprint density at radius 3 is 2.62 bits per heavy atom. The average Bonchev–Trinajstić information content (AvgIpc) is 3.07. The lowest BCUT2D eigenvalue weighted by Crippen LogP contribution is -2.54. The molecule has 1 atom stereocenters. The summed E-state index contributed by atoms with van der Waals surface area (Å²) in [7, 11) is 0. The summed E-state index contributed by atoms with van der Waals surface area (Å²) in [5, 5.41) is 0.222. The molecular formula is C36H40F2N6O4. The van der Waals surface area contributed by atoms with E-state index in [1.807, 2.05) is 32.6 Å². The molecule has 48 heavy (non-hydrogen) atoms. The molecule has 0 aliphatic carbocycles. The van der Waals surface area contributed by atoms with E-state index in [0.717, 1.165) is 12.8 Å². The van der Waals surface area contributed by atoms with Crippen LogP contribution in [0.1, 0.15) is 57.7 Å². The Morgan fingerprint density at radius 1 is 1.15 bits per heavy atom. The molecule has 5 rings (SSSR count). The molecular weight excluding hydrogens is 618 g/mol. The highest BCUT2D eigenvalue weighted by atomic mass is 19.1. The van der Waals surface area contributed by atoms with E-state index in [-0.39, 0.29) is 52.4 Å². The SMILES string of the molecule is C=CCOc1cccc(F)c1-c1nc2c(cc1F)c(N1CCN(C(=O)OCCCC)CC1C)nc(=O)n2-c1c(C=C)ccnc1C(C)C. The maximum Gasteiger partial charge on any atom is 0.409 e. The molecule has 10 nitrogen and oxygen atoms in total.